The molecule has 0 bridgehead atoms. The van der Waals surface area contributed by atoms with Crippen molar-refractivity contribution in [2.45, 2.75) is 57.7 Å². The molecule has 2 aliphatic rings. The fraction of sp³-hybridized carbons (Fsp3) is 0.600. The largest absolute Gasteiger partial charge is 0.383 e. The quantitative estimate of drug-likeness (QED) is 0.331. The molecule has 1 aliphatic carbocycles. The average Bonchev–Trinajstić information content (AvgIpc) is 2.86. The summed E-state index contributed by atoms with van der Waals surface area (Å²) >= 11 is 0. The molecule has 0 spiro atoms. The summed E-state index contributed by atoms with van der Waals surface area (Å²) in [6.45, 7) is 7.53. The Morgan fingerprint density at radius 3 is 2.42 bits per heavy atom. The van der Waals surface area contributed by atoms with Crippen molar-refractivity contribution in [1.82, 2.24) is 25.9 Å². The Hall–Kier alpha value is -2.42. The molecule has 0 atom stereocenters. The van der Waals surface area contributed by atoms with E-state index < -0.39 is 0 Å². The number of nitrogens with one attached hydrogen (secondary N) is 4. The molecule has 4 rings (SSSR count). The minimum Gasteiger partial charge on any atom is -0.383 e. The summed E-state index contributed by atoms with van der Waals surface area (Å²) in [4.78, 5) is 11.3. The number of anilines is 3. The van der Waals surface area contributed by atoms with Gasteiger partial charge in [-0.1, -0.05) is 43.5 Å². The van der Waals surface area contributed by atoms with Crippen molar-refractivity contribution in [3.05, 3.63) is 41.5 Å². The fourth-order valence-electron chi connectivity index (χ4n) is 4.60. The van der Waals surface area contributed by atoms with Crippen LogP contribution < -0.4 is 31.9 Å². The maximum Gasteiger partial charge on any atom is 0.226 e. The van der Waals surface area contributed by atoms with E-state index in [4.69, 9.17) is 5.73 Å². The van der Waals surface area contributed by atoms with Crippen LogP contribution in [0.2, 0.25) is 0 Å². The maximum atomic E-state index is 6.03. The van der Waals surface area contributed by atoms with E-state index in [1.807, 2.05) is 6.07 Å². The first-order valence-corrected chi connectivity index (χ1v) is 12.6. The lowest BCUT2D eigenvalue weighted by molar-refractivity contribution is 0.371. The molecule has 0 amide bonds. The molecule has 0 radical (unpaired) electrons. The zero-order valence-electron chi connectivity index (χ0n) is 19.8. The van der Waals surface area contributed by atoms with Gasteiger partial charge in [0.25, 0.3) is 0 Å². The number of piperazine rings is 1. The molecule has 1 saturated carbocycles. The zero-order valence-corrected chi connectivity index (χ0v) is 19.8. The molecule has 2 fully saturated rings. The van der Waals surface area contributed by atoms with E-state index in [1.54, 1.807) is 0 Å². The number of nitrogens with zero attached hydrogens (tertiary/aromatic N) is 3. The molecule has 1 saturated heterocycles. The van der Waals surface area contributed by atoms with Gasteiger partial charge < -0.3 is 31.9 Å². The first kappa shape index (κ1) is 23.7. The third-order valence-corrected chi connectivity index (χ3v) is 6.54. The smallest absolute Gasteiger partial charge is 0.226 e. The first-order chi connectivity index (χ1) is 16.3. The standard InChI is InChI=1S/C25H40N8/c26-23-17-24(33-15-13-27-14-16-33)32-25(31-23)30-19-21-9-7-20(8-10-21)18-28-11-4-12-29-22-5-2-1-3-6-22/h7-10,17,22,27-29H,1-6,11-16,18-19H2,(H3,26,30,31,32). The minimum atomic E-state index is 0.497. The summed E-state index contributed by atoms with van der Waals surface area (Å²) in [5, 5.41) is 14.0. The summed E-state index contributed by atoms with van der Waals surface area (Å²) in [7, 11) is 0. The van der Waals surface area contributed by atoms with Gasteiger partial charge in [0.1, 0.15) is 11.6 Å². The Bertz CT molecular complexity index is 829. The number of aromatic nitrogens is 2. The summed E-state index contributed by atoms with van der Waals surface area (Å²) in [6.07, 6.45) is 8.10. The lowest BCUT2D eigenvalue weighted by atomic mass is 9.95. The second-order valence-corrected chi connectivity index (χ2v) is 9.20. The van der Waals surface area contributed by atoms with Crippen molar-refractivity contribution in [2.75, 3.05) is 55.2 Å². The van der Waals surface area contributed by atoms with E-state index in [-0.39, 0.29) is 0 Å². The molecule has 33 heavy (non-hydrogen) atoms. The van der Waals surface area contributed by atoms with Crippen LogP contribution in [0.4, 0.5) is 17.6 Å². The first-order valence-electron chi connectivity index (χ1n) is 12.6. The van der Waals surface area contributed by atoms with Crippen molar-refractivity contribution in [3.63, 3.8) is 0 Å². The molecule has 1 aromatic carbocycles. The zero-order chi connectivity index (χ0) is 22.7. The third kappa shape index (κ3) is 7.84. The van der Waals surface area contributed by atoms with Crippen LogP contribution in [0, 0.1) is 0 Å². The van der Waals surface area contributed by atoms with Crippen molar-refractivity contribution in [1.29, 1.82) is 0 Å². The molecule has 1 aromatic heterocycles. The normalized spacial score (nSPS) is 17.3. The van der Waals surface area contributed by atoms with Crippen LogP contribution in [0.1, 0.15) is 49.7 Å². The predicted octanol–water partition coefficient (Wildman–Crippen LogP) is 2.48. The van der Waals surface area contributed by atoms with Crippen LogP contribution in [-0.4, -0.2) is 55.3 Å². The summed E-state index contributed by atoms with van der Waals surface area (Å²) in [5.41, 5.74) is 8.53. The highest BCUT2D eigenvalue weighted by Gasteiger charge is 2.14. The second kappa shape index (κ2) is 12.7. The topological polar surface area (TPSA) is 103 Å². The van der Waals surface area contributed by atoms with Crippen LogP contribution in [0.25, 0.3) is 0 Å². The third-order valence-electron chi connectivity index (χ3n) is 6.54. The highest BCUT2D eigenvalue weighted by molar-refractivity contribution is 5.52. The van der Waals surface area contributed by atoms with Gasteiger partial charge in [0.05, 0.1) is 0 Å². The lowest BCUT2D eigenvalue weighted by Crippen LogP contribution is -2.44. The molecule has 6 N–H and O–H groups in total. The minimum absolute atomic E-state index is 0.497. The number of nitrogens with two attached hydrogens (primary N) is 1. The summed E-state index contributed by atoms with van der Waals surface area (Å²) in [6, 6.07) is 11.3. The number of rotatable bonds is 11. The van der Waals surface area contributed by atoms with Gasteiger partial charge in [-0.05, 0) is 43.5 Å². The van der Waals surface area contributed by atoms with E-state index >= 15 is 0 Å². The molecule has 8 nitrogen and oxygen atoms in total. The second-order valence-electron chi connectivity index (χ2n) is 9.20. The fourth-order valence-corrected chi connectivity index (χ4v) is 4.60. The molecule has 2 aromatic rings. The van der Waals surface area contributed by atoms with Gasteiger partial charge in [-0.25, -0.2) is 0 Å². The molecule has 180 valence electrons. The van der Waals surface area contributed by atoms with Crippen LogP contribution in [0.5, 0.6) is 0 Å². The number of nitrogen functional groups attached to an aromatic ring is 1. The Morgan fingerprint density at radius 1 is 0.939 bits per heavy atom. The Kier molecular flexibility index (Phi) is 9.15. The van der Waals surface area contributed by atoms with Crippen molar-refractivity contribution in [2.24, 2.45) is 0 Å². The van der Waals surface area contributed by atoms with Gasteiger partial charge in [-0.3, -0.25) is 0 Å². The van der Waals surface area contributed by atoms with Crippen molar-refractivity contribution in [3.8, 4) is 0 Å². The van der Waals surface area contributed by atoms with E-state index in [2.05, 4.69) is 60.4 Å². The van der Waals surface area contributed by atoms with Crippen LogP contribution in [0.3, 0.4) is 0 Å². The van der Waals surface area contributed by atoms with Crippen LogP contribution >= 0.6 is 0 Å². The Balaban J connectivity index is 1.15. The Morgan fingerprint density at radius 2 is 1.67 bits per heavy atom. The molecular formula is C25H40N8. The van der Waals surface area contributed by atoms with E-state index in [9.17, 15) is 0 Å². The van der Waals surface area contributed by atoms with Gasteiger partial charge in [0.15, 0.2) is 0 Å². The van der Waals surface area contributed by atoms with Gasteiger partial charge in [0, 0.05) is 51.4 Å². The summed E-state index contributed by atoms with van der Waals surface area (Å²) in [5.74, 6) is 1.97. The van der Waals surface area contributed by atoms with Gasteiger partial charge >= 0.3 is 0 Å². The lowest BCUT2D eigenvalue weighted by Gasteiger charge is -2.28. The number of hydrogen-bond acceptors (Lipinski definition) is 8. The van der Waals surface area contributed by atoms with Crippen LogP contribution in [-0.2, 0) is 13.1 Å². The van der Waals surface area contributed by atoms with Gasteiger partial charge in [0.2, 0.25) is 5.95 Å². The number of hydrogen-bond donors (Lipinski definition) is 5. The number of benzene rings is 1. The van der Waals surface area contributed by atoms with Crippen molar-refractivity contribution >= 4 is 17.6 Å². The molecular weight excluding hydrogens is 412 g/mol. The SMILES string of the molecule is Nc1cc(N2CCNCC2)nc(NCc2ccc(CNCCCNC3CCCCC3)cc2)n1. The average molecular weight is 453 g/mol. The highest BCUT2D eigenvalue weighted by atomic mass is 15.3. The molecule has 0 unspecified atom stereocenters. The van der Waals surface area contributed by atoms with Gasteiger partial charge in [-0.2, -0.15) is 9.97 Å². The highest BCUT2D eigenvalue weighted by Crippen LogP contribution is 2.18. The van der Waals surface area contributed by atoms with Crippen molar-refractivity contribution < 1.29 is 0 Å². The maximum absolute atomic E-state index is 6.03. The van der Waals surface area contributed by atoms with E-state index in [1.165, 1.54) is 49.7 Å². The summed E-state index contributed by atoms with van der Waals surface area (Å²) < 4.78 is 0. The molecule has 2 heterocycles. The predicted molar refractivity (Wildman–Crippen MR) is 136 cm³/mol. The van der Waals surface area contributed by atoms with E-state index in [0.717, 1.165) is 57.7 Å². The molecule has 1 aliphatic heterocycles. The Labute approximate surface area is 198 Å². The monoisotopic (exact) mass is 452 g/mol. The van der Waals surface area contributed by atoms with Gasteiger partial charge in [-0.15, -0.1) is 0 Å². The van der Waals surface area contributed by atoms with Crippen LogP contribution in [0.15, 0.2) is 30.3 Å². The molecule has 8 heteroatoms. The van der Waals surface area contributed by atoms with E-state index in [0.29, 0.717) is 18.3 Å².